The molecule has 0 spiro atoms. The summed E-state index contributed by atoms with van der Waals surface area (Å²) in [7, 11) is 0. The molecule has 1 saturated heterocycles. The number of nitrogens with one attached hydrogen (secondary N) is 1. The van der Waals surface area contributed by atoms with Crippen LogP contribution in [0, 0.1) is 0 Å². The number of nitrogens with zero attached hydrogens (tertiary/aromatic N) is 3. The molecule has 1 aliphatic heterocycles. The highest BCUT2D eigenvalue weighted by Crippen LogP contribution is 2.16. The fraction of sp³-hybridized carbons (Fsp3) is 0.250. The first-order chi connectivity index (χ1) is 13.1. The third kappa shape index (κ3) is 3.66. The van der Waals surface area contributed by atoms with Crippen LogP contribution in [0.5, 0.6) is 0 Å². The summed E-state index contributed by atoms with van der Waals surface area (Å²) in [5.41, 5.74) is 2.92. The van der Waals surface area contributed by atoms with Crippen LogP contribution in [0.2, 0.25) is 5.02 Å². The van der Waals surface area contributed by atoms with Gasteiger partial charge in [0.15, 0.2) is 0 Å². The second kappa shape index (κ2) is 7.40. The standard InChI is InChI=1S/C20H19ClN4O2/c21-16-5-2-14(3-6-16)19(26)24-8-1-9-25(11-10-24)20(27)15-4-7-17-18(12-15)23-13-22-17/h2-7,12-13H,1,8-11H2,(H,22,23). The summed E-state index contributed by atoms with van der Waals surface area (Å²) in [4.78, 5) is 36.4. The first-order valence-electron chi connectivity index (χ1n) is 8.89. The SMILES string of the molecule is O=C(c1ccc(Cl)cc1)N1CCCN(C(=O)c2ccc3nc[nH]c3c2)CC1. The van der Waals surface area contributed by atoms with Gasteiger partial charge in [-0.25, -0.2) is 4.98 Å². The minimum atomic E-state index is -0.0279. The highest BCUT2D eigenvalue weighted by molar-refractivity contribution is 6.30. The minimum Gasteiger partial charge on any atom is -0.345 e. The lowest BCUT2D eigenvalue weighted by Crippen LogP contribution is -2.37. The third-order valence-electron chi connectivity index (χ3n) is 4.83. The molecule has 4 rings (SSSR count). The first kappa shape index (κ1) is 17.5. The number of benzene rings is 2. The molecule has 0 saturated carbocycles. The van der Waals surface area contributed by atoms with Gasteiger partial charge in [0.05, 0.1) is 17.4 Å². The molecular weight excluding hydrogens is 364 g/mol. The Bertz CT molecular complexity index is 983. The highest BCUT2D eigenvalue weighted by Gasteiger charge is 2.23. The molecule has 0 bridgehead atoms. The van der Waals surface area contributed by atoms with E-state index in [1.807, 2.05) is 17.0 Å². The van der Waals surface area contributed by atoms with Gasteiger partial charge in [0.2, 0.25) is 0 Å². The van der Waals surface area contributed by atoms with Crippen LogP contribution in [0.3, 0.4) is 0 Å². The maximum absolute atomic E-state index is 12.9. The summed E-state index contributed by atoms with van der Waals surface area (Å²) >= 11 is 5.89. The Kier molecular flexibility index (Phi) is 4.81. The first-order valence-corrected chi connectivity index (χ1v) is 9.27. The number of H-pyrrole nitrogens is 1. The Morgan fingerprint density at radius 3 is 2.22 bits per heavy atom. The molecule has 0 unspecified atom stereocenters. The summed E-state index contributed by atoms with van der Waals surface area (Å²) in [6, 6.07) is 12.4. The minimum absolute atomic E-state index is 0.0210. The number of fused-ring (bicyclic) bond motifs is 1. The van der Waals surface area contributed by atoms with E-state index in [4.69, 9.17) is 11.6 Å². The van der Waals surface area contributed by atoms with Crippen molar-refractivity contribution < 1.29 is 9.59 Å². The van der Waals surface area contributed by atoms with Crippen molar-refractivity contribution in [3.05, 3.63) is 64.9 Å². The predicted molar refractivity (Wildman–Crippen MR) is 104 cm³/mol. The van der Waals surface area contributed by atoms with E-state index in [1.54, 1.807) is 41.6 Å². The van der Waals surface area contributed by atoms with Gasteiger partial charge >= 0.3 is 0 Å². The van der Waals surface area contributed by atoms with E-state index < -0.39 is 0 Å². The molecule has 27 heavy (non-hydrogen) atoms. The number of amides is 2. The molecule has 1 N–H and O–H groups in total. The van der Waals surface area contributed by atoms with Gasteiger partial charge in [-0.2, -0.15) is 0 Å². The molecule has 3 aromatic rings. The molecule has 1 fully saturated rings. The Labute approximate surface area is 161 Å². The predicted octanol–water partition coefficient (Wildman–Crippen LogP) is 3.20. The van der Waals surface area contributed by atoms with Gasteiger partial charge in [0.25, 0.3) is 11.8 Å². The monoisotopic (exact) mass is 382 g/mol. The largest absolute Gasteiger partial charge is 0.345 e. The molecular formula is C20H19ClN4O2. The van der Waals surface area contributed by atoms with Gasteiger partial charge < -0.3 is 14.8 Å². The van der Waals surface area contributed by atoms with E-state index in [-0.39, 0.29) is 11.8 Å². The lowest BCUT2D eigenvalue weighted by atomic mass is 10.1. The maximum atomic E-state index is 12.9. The van der Waals surface area contributed by atoms with Crippen molar-refractivity contribution in [2.24, 2.45) is 0 Å². The molecule has 2 heterocycles. The van der Waals surface area contributed by atoms with Crippen molar-refractivity contribution in [3.8, 4) is 0 Å². The topological polar surface area (TPSA) is 69.3 Å². The Morgan fingerprint density at radius 1 is 0.889 bits per heavy atom. The molecule has 0 atom stereocenters. The van der Waals surface area contributed by atoms with Gasteiger partial charge in [-0.1, -0.05) is 11.6 Å². The second-order valence-corrected chi connectivity index (χ2v) is 7.02. The molecule has 6 nitrogen and oxygen atoms in total. The average molecular weight is 383 g/mol. The molecule has 2 amide bonds. The summed E-state index contributed by atoms with van der Waals surface area (Å²) < 4.78 is 0. The number of rotatable bonds is 2. The number of carbonyl (C=O) groups excluding carboxylic acids is 2. The molecule has 2 aromatic carbocycles. The number of halogens is 1. The van der Waals surface area contributed by atoms with E-state index in [0.717, 1.165) is 17.5 Å². The lowest BCUT2D eigenvalue weighted by Gasteiger charge is -2.22. The van der Waals surface area contributed by atoms with E-state index >= 15 is 0 Å². The smallest absolute Gasteiger partial charge is 0.253 e. The Morgan fingerprint density at radius 2 is 1.52 bits per heavy atom. The van der Waals surface area contributed by atoms with Crippen LogP contribution >= 0.6 is 11.6 Å². The number of imidazole rings is 1. The lowest BCUT2D eigenvalue weighted by molar-refractivity contribution is 0.0719. The fourth-order valence-corrected chi connectivity index (χ4v) is 3.48. The average Bonchev–Trinajstić information content (AvgIpc) is 3.02. The normalized spacial score (nSPS) is 15.0. The molecule has 1 aliphatic rings. The maximum Gasteiger partial charge on any atom is 0.253 e. The molecule has 0 aliphatic carbocycles. The summed E-state index contributed by atoms with van der Waals surface area (Å²) in [5, 5.41) is 0.605. The van der Waals surface area contributed by atoms with Crippen LogP contribution in [0.1, 0.15) is 27.1 Å². The van der Waals surface area contributed by atoms with Crippen molar-refractivity contribution in [2.45, 2.75) is 6.42 Å². The zero-order valence-corrected chi connectivity index (χ0v) is 15.4. The number of aromatic amines is 1. The summed E-state index contributed by atoms with van der Waals surface area (Å²) in [6.07, 6.45) is 2.36. The second-order valence-electron chi connectivity index (χ2n) is 6.58. The fourth-order valence-electron chi connectivity index (χ4n) is 3.35. The zero-order chi connectivity index (χ0) is 18.8. The van der Waals surface area contributed by atoms with Crippen molar-refractivity contribution >= 4 is 34.4 Å². The molecule has 7 heteroatoms. The van der Waals surface area contributed by atoms with E-state index in [1.165, 1.54) is 0 Å². The quantitative estimate of drug-likeness (QED) is 0.740. The molecule has 0 radical (unpaired) electrons. The van der Waals surface area contributed by atoms with Crippen LogP contribution < -0.4 is 0 Å². The van der Waals surface area contributed by atoms with Gasteiger partial charge in [-0.3, -0.25) is 9.59 Å². The van der Waals surface area contributed by atoms with Crippen LogP contribution in [-0.4, -0.2) is 57.8 Å². The number of hydrogen-bond donors (Lipinski definition) is 1. The number of carbonyl (C=O) groups is 2. The third-order valence-corrected chi connectivity index (χ3v) is 5.08. The highest BCUT2D eigenvalue weighted by atomic mass is 35.5. The van der Waals surface area contributed by atoms with Crippen molar-refractivity contribution in [1.29, 1.82) is 0 Å². The molecule has 138 valence electrons. The molecule has 1 aromatic heterocycles. The number of aromatic nitrogens is 2. The van der Waals surface area contributed by atoms with Crippen molar-refractivity contribution in [3.63, 3.8) is 0 Å². The van der Waals surface area contributed by atoms with E-state index in [2.05, 4.69) is 9.97 Å². The van der Waals surface area contributed by atoms with Crippen LogP contribution in [0.15, 0.2) is 48.8 Å². The zero-order valence-electron chi connectivity index (χ0n) is 14.7. The Hall–Kier alpha value is -2.86. The number of hydrogen-bond acceptors (Lipinski definition) is 3. The summed E-state index contributed by atoms with van der Waals surface area (Å²) in [6.45, 7) is 2.29. The Balaban J connectivity index is 1.45. The van der Waals surface area contributed by atoms with Crippen LogP contribution in [-0.2, 0) is 0 Å². The van der Waals surface area contributed by atoms with Crippen molar-refractivity contribution in [2.75, 3.05) is 26.2 Å². The van der Waals surface area contributed by atoms with Crippen molar-refractivity contribution in [1.82, 2.24) is 19.8 Å². The van der Waals surface area contributed by atoms with Gasteiger partial charge in [0.1, 0.15) is 0 Å². The van der Waals surface area contributed by atoms with E-state index in [9.17, 15) is 9.59 Å². The van der Waals surface area contributed by atoms with E-state index in [0.29, 0.717) is 42.3 Å². The van der Waals surface area contributed by atoms with Crippen LogP contribution in [0.25, 0.3) is 11.0 Å². The van der Waals surface area contributed by atoms with Crippen LogP contribution in [0.4, 0.5) is 0 Å². The summed E-state index contributed by atoms with van der Waals surface area (Å²) in [5.74, 6) is -0.0489. The van der Waals surface area contributed by atoms with Gasteiger partial charge in [-0.15, -0.1) is 0 Å². The van der Waals surface area contributed by atoms with Gasteiger partial charge in [0, 0.05) is 42.3 Å². The van der Waals surface area contributed by atoms with Gasteiger partial charge in [-0.05, 0) is 48.9 Å².